The Balaban J connectivity index is 2.70. The van der Waals surface area contributed by atoms with Crippen molar-refractivity contribution in [2.24, 2.45) is 5.92 Å². The summed E-state index contributed by atoms with van der Waals surface area (Å²) in [5, 5.41) is 0.780. The van der Waals surface area contributed by atoms with Crippen molar-refractivity contribution in [2.45, 2.75) is 32.0 Å². The second-order valence-corrected chi connectivity index (χ2v) is 4.66. The molecule has 0 spiro atoms. The molecule has 1 aromatic carbocycles. The van der Waals surface area contributed by atoms with Crippen molar-refractivity contribution in [1.29, 1.82) is 0 Å². The lowest BCUT2D eigenvalue weighted by Crippen LogP contribution is -2.10. The number of methoxy groups -OCH3 is 1. The lowest BCUT2D eigenvalue weighted by Gasteiger charge is -2.16. The molecule has 2 nitrogen and oxygen atoms in total. The van der Waals surface area contributed by atoms with Crippen molar-refractivity contribution >= 4 is 15.9 Å². The average Bonchev–Trinajstić information content (AvgIpc) is 2.39. The molecule has 0 atom stereocenters. The van der Waals surface area contributed by atoms with Crippen LogP contribution in [0.5, 0.6) is 11.5 Å². The number of alkyl halides is 1. The van der Waals surface area contributed by atoms with Gasteiger partial charge in [-0.15, -0.1) is 0 Å². The largest absolute Gasteiger partial charge is 0.497 e. The number of hydrogen-bond donors (Lipinski definition) is 0. The fourth-order valence-corrected chi connectivity index (χ4v) is 2.10. The van der Waals surface area contributed by atoms with Crippen molar-refractivity contribution in [3.8, 4) is 11.5 Å². The Morgan fingerprint density at radius 3 is 2.47 bits per heavy atom. The summed E-state index contributed by atoms with van der Waals surface area (Å²) in [7, 11) is 1.68. The molecule has 3 heteroatoms. The van der Waals surface area contributed by atoms with Crippen LogP contribution in [-0.2, 0) is 5.33 Å². The van der Waals surface area contributed by atoms with Gasteiger partial charge in [0.15, 0.2) is 0 Å². The summed E-state index contributed by atoms with van der Waals surface area (Å²) in [4.78, 5) is 0. The number of hydrogen-bond acceptors (Lipinski definition) is 2. The Hall–Kier alpha value is -0.700. The van der Waals surface area contributed by atoms with Crippen LogP contribution in [0.3, 0.4) is 0 Å². The molecule has 0 fully saturated rings. The Kier molecular flexibility index (Phi) is 6.41. The number of benzene rings is 1. The maximum atomic E-state index is 5.89. The van der Waals surface area contributed by atoms with Gasteiger partial charge in [0, 0.05) is 10.9 Å². The van der Waals surface area contributed by atoms with Crippen LogP contribution in [0.25, 0.3) is 0 Å². The lowest BCUT2D eigenvalue weighted by atomic mass is 10.1. The van der Waals surface area contributed by atoms with E-state index in [4.69, 9.17) is 9.47 Å². The third-order valence-corrected chi connectivity index (χ3v) is 3.64. The molecule has 17 heavy (non-hydrogen) atoms. The topological polar surface area (TPSA) is 18.5 Å². The molecular formula is C14H21BrO2. The van der Waals surface area contributed by atoms with Crippen LogP contribution < -0.4 is 9.47 Å². The smallest absolute Gasteiger partial charge is 0.123 e. The predicted octanol–water partition coefficient (Wildman–Crippen LogP) is 4.41. The summed E-state index contributed by atoms with van der Waals surface area (Å²) < 4.78 is 11.1. The van der Waals surface area contributed by atoms with Crippen molar-refractivity contribution in [3.05, 3.63) is 23.8 Å². The highest BCUT2D eigenvalue weighted by atomic mass is 79.9. The fraction of sp³-hybridized carbons (Fsp3) is 0.571. The van der Waals surface area contributed by atoms with E-state index >= 15 is 0 Å². The van der Waals surface area contributed by atoms with Crippen molar-refractivity contribution in [3.63, 3.8) is 0 Å². The van der Waals surface area contributed by atoms with Crippen molar-refractivity contribution in [1.82, 2.24) is 0 Å². The Morgan fingerprint density at radius 1 is 1.24 bits per heavy atom. The first-order valence-electron chi connectivity index (χ1n) is 6.10. The van der Waals surface area contributed by atoms with E-state index in [1.807, 2.05) is 18.2 Å². The van der Waals surface area contributed by atoms with E-state index < -0.39 is 0 Å². The summed E-state index contributed by atoms with van der Waals surface area (Å²) in [5.41, 5.74) is 1.13. The third kappa shape index (κ3) is 4.23. The maximum Gasteiger partial charge on any atom is 0.123 e. The molecule has 0 aromatic heterocycles. The quantitative estimate of drug-likeness (QED) is 0.695. The molecule has 0 bridgehead atoms. The van der Waals surface area contributed by atoms with E-state index in [1.165, 1.54) is 0 Å². The molecule has 0 aliphatic heterocycles. The van der Waals surface area contributed by atoms with E-state index in [9.17, 15) is 0 Å². The third-order valence-electron chi connectivity index (χ3n) is 3.04. The zero-order valence-electron chi connectivity index (χ0n) is 10.8. The minimum atomic E-state index is 0.639. The Labute approximate surface area is 112 Å². The lowest BCUT2D eigenvalue weighted by molar-refractivity contribution is 0.239. The molecule has 0 aliphatic rings. The summed E-state index contributed by atoms with van der Waals surface area (Å²) in [6, 6.07) is 5.93. The number of halogens is 1. The minimum absolute atomic E-state index is 0.639. The summed E-state index contributed by atoms with van der Waals surface area (Å²) in [6.45, 7) is 5.20. The van der Waals surface area contributed by atoms with Crippen LogP contribution >= 0.6 is 15.9 Å². The molecule has 0 heterocycles. The van der Waals surface area contributed by atoms with Gasteiger partial charge < -0.3 is 9.47 Å². The zero-order chi connectivity index (χ0) is 12.7. The van der Waals surface area contributed by atoms with Gasteiger partial charge in [-0.25, -0.2) is 0 Å². The van der Waals surface area contributed by atoms with E-state index in [1.54, 1.807) is 7.11 Å². The highest BCUT2D eigenvalue weighted by Gasteiger charge is 2.08. The van der Waals surface area contributed by atoms with Gasteiger partial charge in [-0.3, -0.25) is 0 Å². The summed E-state index contributed by atoms with van der Waals surface area (Å²) in [5.74, 6) is 2.46. The van der Waals surface area contributed by atoms with Crippen LogP contribution in [0, 0.1) is 5.92 Å². The van der Waals surface area contributed by atoms with Gasteiger partial charge in [0.1, 0.15) is 11.5 Å². The molecule has 1 rings (SSSR count). The molecule has 0 saturated heterocycles. The molecule has 0 saturated carbocycles. The maximum absolute atomic E-state index is 5.89. The minimum Gasteiger partial charge on any atom is -0.497 e. The van der Waals surface area contributed by atoms with E-state index in [-0.39, 0.29) is 0 Å². The van der Waals surface area contributed by atoms with E-state index in [0.29, 0.717) is 5.92 Å². The van der Waals surface area contributed by atoms with Crippen LogP contribution in [0.4, 0.5) is 0 Å². The van der Waals surface area contributed by atoms with Gasteiger partial charge in [0.2, 0.25) is 0 Å². The molecule has 96 valence electrons. The van der Waals surface area contributed by atoms with Crippen molar-refractivity contribution < 1.29 is 9.47 Å². The van der Waals surface area contributed by atoms with Crippen LogP contribution in [0.2, 0.25) is 0 Å². The first-order valence-corrected chi connectivity index (χ1v) is 7.22. The van der Waals surface area contributed by atoms with Gasteiger partial charge in [0.05, 0.1) is 13.7 Å². The Bertz CT molecular complexity index is 335. The predicted molar refractivity (Wildman–Crippen MR) is 75.2 cm³/mol. The molecule has 1 aromatic rings. The van der Waals surface area contributed by atoms with Crippen LogP contribution in [0.1, 0.15) is 32.3 Å². The second-order valence-electron chi connectivity index (χ2n) is 4.10. The molecule has 0 radical (unpaired) electrons. The number of ether oxygens (including phenoxy) is 2. The van der Waals surface area contributed by atoms with Crippen LogP contribution in [-0.4, -0.2) is 13.7 Å². The van der Waals surface area contributed by atoms with Gasteiger partial charge in [-0.1, -0.05) is 42.6 Å². The average molecular weight is 301 g/mol. The first-order chi connectivity index (χ1) is 8.24. The fourth-order valence-electron chi connectivity index (χ4n) is 1.66. The number of rotatable bonds is 7. The van der Waals surface area contributed by atoms with E-state index in [2.05, 4.69) is 29.8 Å². The highest BCUT2D eigenvalue weighted by Crippen LogP contribution is 2.27. The zero-order valence-corrected chi connectivity index (χ0v) is 12.4. The second kappa shape index (κ2) is 7.59. The standard InChI is InChI=1S/C14H21BrO2/c1-4-11(5-2)10-17-14-7-6-13(16-3)8-12(14)9-15/h6-8,11H,4-5,9-10H2,1-3H3. The first kappa shape index (κ1) is 14.4. The van der Waals surface area contributed by atoms with E-state index in [0.717, 1.165) is 41.8 Å². The Morgan fingerprint density at radius 2 is 1.94 bits per heavy atom. The molecule has 0 N–H and O–H groups in total. The van der Waals surface area contributed by atoms with Crippen LogP contribution in [0.15, 0.2) is 18.2 Å². The molecule has 0 aliphatic carbocycles. The SMILES string of the molecule is CCC(CC)COc1ccc(OC)cc1CBr. The molecular weight excluding hydrogens is 280 g/mol. The highest BCUT2D eigenvalue weighted by molar-refractivity contribution is 9.08. The summed E-state index contributed by atoms with van der Waals surface area (Å²) >= 11 is 3.48. The normalized spacial score (nSPS) is 10.6. The van der Waals surface area contributed by atoms with Crippen molar-refractivity contribution in [2.75, 3.05) is 13.7 Å². The van der Waals surface area contributed by atoms with Gasteiger partial charge in [-0.2, -0.15) is 0 Å². The summed E-state index contributed by atoms with van der Waals surface area (Å²) in [6.07, 6.45) is 2.33. The van der Waals surface area contributed by atoms with Gasteiger partial charge in [-0.05, 0) is 24.1 Å². The molecule has 0 unspecified atom stereocenters. The monoisotopic (exact) mass is 300 g/mol. The van der Waals surface area contributed by atoms with Gasteiger partial charge >= 0.3 is 0 Å². The molecule has 0 amide bonds. The van der Waals surface area contributed by atoms with Gasteiger partial charge in [0.25, 0.3) is 0 Å².